The number of piperazine rings is 1. The Morgan fingerprint density at radius 1 is 0.970 bits per heavy atom. The molecular formula is C24H27ClF3N3O2. The molecule has 3 rings (SSSR count). The van der Waals surface area contributed by atoms with Crippen LogP contribution in [0.4, 0.5) is 18.9 Å². The van der Waals surface area contributed by atoms with Crippen LogP contribution in [0.5, 0.6) is 0 Å². The van der Waals surface area contributed by atoms with E-state index in [2.05, 4.69) is 19.2 Å². The molecule has 178 valence electrons. The van der Waals surface area contributed by atoms with Crippen LogP contribution in [0.3, 0.4) is 0 Å². The topological polar surface area (TPSA) is 52.7 Å². The molecule has 1 atom stereocenters. The third-order valence-electron chi connectivity index (χ3n) is 5.90. The molecule has 0 radical (unpaired) electrons. The molecule has 0 aliphatic carbocycles. The number of hydrogen-bond acceptors (Lipinski definition) is 3. The van der Waals surface area contributed by atoms with E-state index in [1.165, 1.54) is 6.07 Å². The maximum absolute atomic E-state index is 13.3. The Bertz CT molecular complexity index is 1000. The van der Waals surface area contributed by atoms with Crippen LogP contribution in [0.15, 0.2) is 42.5 Å². The maximum atomic E-state index is 13.3. The Balaban J connectivity index is 1.59. The third-order valence-corrected chi connectivity index (χ3v) is 6.13. The molecule has 5 nitrogen and oxygen atoms in total. The molecule has 1 fully saturated rings. The van der Waals surface area contributed by atoms with Crippen LogP contribution in [0.1, 0.15) is 48.2 Å². The van der Waals surface area contributed by atoms with E-state index in [9.17, 15) is 22.8 Å². The first kappa shape index (κ1) is 25.1. The largest absolute Gasteiger partial charge is 0.418 e. The Kier molecular flexibility index (Phi) is 7.69. The quantitative estimate of drug-likeness (QED) is 0.633. The first-order chi connectivity index (χ1) is 15.5. The second kappa shape index (κ2) is 10.1. The molecule has 1 saturated heterocycles. The molecule has 1 aliphatic heterocycles. The van der Waals surface area contributed by atoms with E-state index in [0.29, 0.717) is 37.7 Å². The lowest BCUT2D eigenvalue weighted by Crippen LogP contribution is -2.54. The predicted molar refractivity (Wildman–Crippen MR) is 123 cm³/mol. The van der Waals surface area contributed by atoms with Crippen molar-refractivity contribution in [2.75, 3.05) is 31.5 Å². The molecule has 2 aromatic carbocycles. The summed E-state index contributed by atoms with van der Waals surface area (Å²) in [4.78, 5) is 29.0. The van der Waals surface area contributed by atoms with Crippen LogP contribution < -0.4 is 5.32 Å². The van der Waals surface area contributed by atoms with Crippen LogP contribution in [-0.2, 0) is 11.0 Å². The Morgan fingerprint density at radius 3 is 2.12 bits per heavy atom. The van der Waals surface area contributed by atoms with Crippen LogP contribution in [0.25, 0.3) is 0 Å². The smallest absolute Gasteiger partial charge is 0.336 e. The van der Waals surface area contributed by atoms with Gasteiger partial charge in [-0.1, -0.05) is 37.6 Å². The standard InChI is InChI=1S/C24H27ClF3N3O2/c1-15(2)17-4-6-18(7-5-17)23(33)31-12-10-30(11-13-31)16(3)22(32)29-21-9-8-19(25)14-20(21)24(26,27)28/h4-9,14-16H,10-13H2,1-3H3,(H,29,32). The summed E-state index contributed by atoms with van der Waals surface area (Å²) in [5.74, 6) is -0.240. The number of carbonyl (C=O) groups excluding carboxylic acids is 2. The number of nitrogens with one attached hydrogen (secondary N) is 1. The van der Waals surface area contributed by atoms with E-state index in [0.717, 1.165) is 17.7 Å². The number of carbonyl (C=O) groups is 2. The SMILES string of the molecule is CC(C)c1ccc(C(=O)N2CCN(C(C)C(=O)Nc3ccc(Cl)cc3C(F)(F)F)CC2)cc1. The number of rotatable bonds is 5. The van der Waals surface area contributed by atoms with Crippen molar-refractivity contribution in [1.82, 2.24) is 9.80 Å². The Hall–Kier alpha value is -2.58. The zero-order valence-corrected chi connectivity index (χ0v) is 19.5. The van der Waals surface area contributed by atoms with Gasteiger partial charge in [-0.25, -0.2) is 0 Å². The van der Waals surface area contributed by atoms with Gasteiger partial charge in [-0.05, 0) is 48.7 Å². The summed E-state index contributed by atoms with van der Waals surface area (Å²) >= 11 is 5.70. The molecule has 0 bridgehead atoms. The number of anilines is 1. The van der Waals surface area contributed by atoms with Crippen molar-refractivity contribution in [3.05, 3.63) is 64.2 Å². The number of amides is 2. The zero-order valence-electron chi connectivity index (χ0n) is 18.7. The minimum Gasteiger partial charge on any atom is -0.336 e. The Morgan fingerprint density at radius 2 is 1.58 bits per heavy atom. The molecule has 0 saturated carbocycles. The second-order valence-corrected chi connectivity index (χ2v) is 8.89. The van der Waals surface area contributed by atoms with Gasteiger partial charge in [0.2, 0.25) is 5.91 Å². The van der Waals surface area contributed by atoms with Gasteiger partial charge in [-0.2, -0.15) is 13.2 Å². The Labute approximate surface area is 196 Å². The minimum atomic E-state index is -4.64. The van der Waals surface area contributed by atoms with Crippen LogP contribution in [0.2, 0.25) is 5.02 Å². The van der Waals surface area contributed by atoms with Gasteiger partial charge < -0.3 is 10.2 Å². The van der Waals surface area contributed by atoms with Gasteiger partial charge in [-0.15, -0.1) is 0 Å². The van der Waals surface area contributed by atoms with Crippen LogP contribution >= 0.6 is 11.6 Å². The van der Waals surface area contributed by atoms with E-state index in [4.69, 9.17) is 11.6 Å². The molecule has 2 amide bonds. The van der Waals surface area contributed by atoms with Crippen LogP contribution in [-0.4, -0.2) is 53.8 Å². The maximum Gasteiger partial charge on any atom is 0.418 e. The first-order valence-electron chi connectivity index (χ1n) is 10.8. The highest BCUT2D eigenvalue weighted by Crippen LogP contribution is 2.36. The fourth-order valence-corrected chi connectivity index (χ4v) is 3.94. The monoisotopic (exact) mass is 481 g/mol. The van der Waals surface area contributed by atoms with E-state index in [1.54, 1.807) is 11.8 Å². The minimum absolute atomic E-state index is 0.0620. The summed E-state index contributed by atoms with van der Waals surface area (Å²) < 4.78 is 39.9. The van der Waals surface area contributed by atoms with Gasteiger partial charge >= 0.3 is 6.18 Å². The summed E-state index contributed by atoms with van der Waals surface area (Å²) in [5, 5.41) is 2.31. The molecule has 1 heterocycles. The number of benzene rings is 2. The van der Waals surface area contributed by atoms with E-state index in [-0.39, 0.29) is 16.6 Å². The van der Waals surface area contributed by atoms with Crippen molar-refractivity contribution in [2.24, 2.45) is 0 Å². The highest BCUT2D eigenvalue weighted by molar-refractivity contribution is 6.30. The average Bonchev–Trinajstić information content (AvgIpc) is 2.78. The first-order valence-corrected chi connectivity index (χ1v) is 11.2. The lowest BCUT2D eigenvalue weighted by Gasteiger charge is -2.37. The average molecular weight is 482 g/mol. The van der Waals surface area contributed by atoms with Crippen molar-refractivity contribution in [3.8, 4) is 0 Å². The molecule has 33 heavy (non-hydrogen) atoms. The van der Waals surface area contributed by atoms with Gasteiger partial charge in [-0.3, -0.25) is 14.5 Å². The van der Waals surface area contributed by atoms with Gasteiger partial charge in [0.15, 0.2) is 0 Å². The number of alkyl halides is 3. The molecule has 0 spiro atoms. The predicted octanol–water partition coefficient (Wildman–Crippen LogP) is 5.27. The molecule has 0 aromatic heterocycles. The fourth-order valence-electron chi connectivity index (χ4n) is 3.77. The van der Waals surface area contributed by atoms with Crippen molar-refractivity contribution < 1.29 is 22.8 Å². The van der Waals surface area contributed by atoms with Crippen molar-refractivity contribution in [1.29, 1.82) is 0 Å². The van der Waals surface area contributed by atoms with Gasteiger partial charge in [0.1, 0.15) is 0 Å². The number of hydrogen-bond donors (Lipinski definition) is 1. The second-order valence-electron chi connectivity index (χ2n) is 8.46. The third kappa shape index (κ3) is 6.06. The zero-order chi connectivity index (χ0) is 24.3. The number of nitrogens with zero attached hydrogens (tertiary/aromatic N) is 2. The van der Waals surface area contributed by atoms with Crippen LogP contribution in [0, 0.1) is 0 Å². The summed E-state index contributed by atoms with van der Waals surface area (Å²) in [6.07, 6.45) is -4.64. The number of halogens is 4. The molecule has 1 unspecified atom stereocenters. The highest BCUT2D eigenvalue weighted by Gasteiger charge is 2.35. The lowest BCUT2D eigenvalue weighted by atomic mass is 10.0. The fraction of sp³-hybridized carbons (Fsp3) is 0.417. The van der Waals surface area contributed by atoms with Gasteiger partial charge in [0, 0.05) is 36.8 Å². The van der Waals surface area contributed by atoms with Crippen molar-refractivity contribution >= 4 is 29.1 Å². The van der Waals surface area contributed by atoms with Crippen molar-refractivity contribution in [2.45, 2.75) is 38.9 Å². The van der Waals surface area contributed by atoms with E-state index < -0.39 is 23.7 Å². The van der Waals surface area contributed by atoms with Gasteiger partial charge in [0.05, 0.1) is 17.3 Å². The van der Waals surface area contributed by atoms with Gasteiger partial charge in [0.25, 0.3) is 5.91 Å². The highest BCUT2D eigenvalue weighted by atomic mass is 35.5. The summed E-state index contributed by atoms with van der Waals surface area (Å²) in [5.41, 5.74) is 0.448. The van der Waals surface area contributed by atoms with E-state index >= 15 is 0 Å². The molecule has 2 aromatic rings. The molecule has 1 N–H and O–H groups in total. The normalized spacial score (nSPS) is 16.1. The summed E-state index contributed by atoms with van der Waals surface area (Å²) in [6, 6.07) is 10.1. The molecular weight excluding hydrogens is 455 g/mol. The van der Waals surface area contributed by atoms with Crippen molar-refractivity contribution in [3.63, 3.8) is 0 Å². The summed E-state index contributed by atoms with van der Waals surface area (Å²) in [7, 11) is 0. The lowest BCUT2D eigenvalue weighted by molar-refractivity contribution is -0.137. The molecule has 9 heteroatoms. The summed E-state index contributed by atoms with van der Waals surface area (Å²) in [6.45, 7) is 7.55. The van der Waals surface area contributed by atoms with E-state index in [1.807, 2.05) is 29.2 Å². The molecule has 1 aliphatic rings.